The molecule has 2 saturated heterocycles. The normalized spacial score (nSPS) is 22.7. The minimum Gasteiger partial charge on any atom is -0.382 e. The molecule has 0 bridgehead atoms. The van der Waals surface area contributed by atoms with Crippen molar-refractivity contribution in [2.45, 2.75) is 103 Å². The molecule has 0 saturated carbocycles. The quantitative estimate of drug-likeness (QED) is 0.0837. The van der Waals surface area contributed by atoms with Crippen molar-refractivity contribution in [2.75, 3.05) is 18.2 Å². The van der Waals surface area contributed by atoms with Crippen LogP contribution in [-0.4, -0.2) is 56.5 Å². The molecule has 8 heteroatoms. The van der Waals surface area contributed by atoms with E-state index < -0.39 is 12.2 Å². The number of aliphatic hydroxyl groups is 2. The Morgan fingerprint density at radius 3 is 1.66 bits per heavy atom. The number of alkyl halides is 2. The minimum atomic E-state index is -0.586. The Morgan fingerprint density at radius 2 is 1.16 bits per heavy atom. The highest BCUT2D eigenvalue weighted by Crippen LogP contribution is 2.30. The molecular formula is C48H64Br2N4O2+2. The van der Waals surface area contributed by atoms with E-state index in [1.165, 1.54) is 38.5 Å². The van der Waals surface area contributed by atoms with Crippen LogP contribution in [0.15, 0.2) is 111 Å². The Balaban J connectivity index is 0.000000936. The molecule has 300 valence electrons. The van der Waals surface area contributed by atoms with Crippen molar-refractivity contribution in [1.29, 1.82) is 0 Å². The maximum Gasteiger partial charge on any atom is 0.131 e. The van der Waals surface area contributed by atoms with E-state index in [2.05, 4.69) is 143 Å². The second-order valence-corrected chi connectivity index (χ2v) is 15.3. The minimum absolute atomic E-state index is 0.0673. The molecule has 8 unspecified atom stereocenters. The summed E-state index contributed by atoms with van der Waals surface area (Å²) in [6.07, 6.45) is 11.8. The van der Waals surface area contributed by atoms with Gasteiger partial charge in [0.2, 0.25) is 0 Å². The molecular weight excluding hydrogens is 824 g/mol. The van der Waals surface area contributed by atoms with Crippen LogP contribution in [0.1, 0.15) is 91.5 Å². The first-order valence-corrected chi connectivity index (χ1v) is 23.3. The Morgan fingerprint density at radius 1 is 0.679 bits per heavy atom. The molecule has 2 aromatic heterocycles. The van der Waals surface area contributed by atoms with E-state index in [0.29, 0.717) is 5.92 Å². The number of piperidine rings is 1. The number of aryl methyl sites for hydroxylation is 2. The van der Waals surface area contributed by atoms with Crippen LogP contribution in [0.2, 0.25) is 0 Å². The van der Waals surface area contributed by atoms with Gasteiger partial charge in [-0.1, -0.05) is 112 Å². The van der Waals surface area contributed by atoms with Gasteiger partial charge in [0.25, 0.3) is 0 Å². The Hall–Kier alpha value is -3.24. The first-order valence-electron chi connectivity index (χ1n) is 20.1. The number of aromatic nitrogens is 2. The molecule has 0 radical (unpaired) electrons. The fourth-order valence-electron chi connectivity index (χ4n) is 8.66. The molecule has 3 aromatic carbocycles. The zero-order chi connectivity index (χ0) is 40.8. The van der Waals surface area contributed by atoms with E-state index in [4.69, 9.17) is 0 Å². The van der Waals surface area contributed by atoms with Gasteiger partial charge in [0.1, 0.15) is 43.4 Å². The smallest absolute Gasteiger partial charge is 0.131 e. The van der Waals surface area contributed by atoms with Gasteiger partial charge in [0, 0.05) is 59.5 Å². The number of aliphatic hydroxyl groups excluding tert-OH is 2. The highest BCUT2D eigenvalue weighted by molar-refractivity contribution is 9.09. The lowest BCUT2D eigenvalue weighted by Crippen LogP contribution is -3.16. The maximum absolute atomic E-state index is 11.9. The van der Waals surface area contributed by atoms with E-state index >= 15 is 0 Å². The number of benzene rings is 3. The number of rotatable bonds is 10. The van der Waals surface area contributed by atoms with Gasteiger partial charge < -0.3 is 20.0 Å². The van der Waals surface area contributed by atoms with Gasteiger partial charge in [0.05, 0.1) is 17.6 Å². The lowest BCUT2D eigenvalue weighted by Gasteiger charge is -2.38. The summed E-state index contributed by atoms with van der Waals surface area (Å²) in [5.74, 6) is 4.06. The summed E-state index contributed by atoms with van der Waals surface area (Å²) in [5, 5.41) is 25.8. The third kappa shape index (κ3) is 11.0. The third-order valence-corrected chi connectivity index (χ3v) is 11.4. The van der Waals surface area contributed by atoms with Crippen molar-refractivity contribution in [3.63, 3.8) is 0 Å². The number of fused-ring (bicyclic) bond motifs is 2. The summed E-state index contributed by atoms with van der Waals surface area (Å²) in [5.41, 5.74) is 8.65. The molecule has 7 rings (SSSR count). The number of pyridine rings is 2. The fourth-order valence-corrected chi connectivity index (χ4v) is 8.66. The average molecular weight is 889 g/mol. The van der Waals surface area contributed by atoms with Gasteiger partial charge in [-0.2, -0.15) is 0 Å². The Bertz CT molecular complexity index is 1990. The second kappa shape index (κ2) is 22.6. The highest BCUT2D eigenvalue weighted by atomic mass is 79.9. The predicted octanol–water partition coefficient (Wildman–Crippen LogP) is 8.76. The van der Waals surface area contributed by atoms with Gasteiger partial charge in [-0.15, -0.1) is 6.58 Å². The molecule has 2 fully saturated rings. The number of likely N-dealkylation sites (tertiary alicyclic amines) is 2. The summed E-state index contributed by atoms with van der Waals surface area (Å²) < 4.78 is 0. The van der Waals surface area contributed by atoms with Crippen LogP contribution >= 0.6 is 31.9 Å². The van der Waals surface area contributed by atoms with Crippen molar-refractivity contribution in [2.24, 2.45) is 5.92 Å². The van der Waals surface area contributed by atoms with Gasteiger partial charge in [-0.25, -0.2) is 0 Å². The van der Waals surface area contributed by atoms with E-state index in [0.717, 1.165) is 78.3 Å². The molecule has 0 spiro atoms. The molecule has 0 aliphatic carbocycles. The average Bonchev–Trinajstić information content (AvgIpc) is 3.64. The van der Waals surface area contributed by atoms with Crippen LogP contribution in [0.5, 0.6) is 0 Å². The SMILES string of the molecule is C=CC1CCC(C(O)c2ccnc3ccc(C)cc23)[NH+](Cc2ccc(C[NH+]3C(C=C)CCC3C(O)c3ccnc4ccc(C)cc34)cc2)C1.CBr.CBr.CCC. The van der Waals surface area contributed by atoms with Crippen LogP contribution < -0.4 is 9.80 Å². The van der Waals surface area contributed by atoms with Crippen LogP contribution in [0.25, 0.3) is 21.8 Å². The van der Waals surface area contributed by atoms with E-state index in [-0.39, 0.29) is 18.1 Å². The summed E-state index contributed by atoms with van der Waals surface area (Å²) in [6.45, 7) is 19.3. The number of nitrogens with zero attached hydrogens (tertiary/aromatic N) is 2. The number of hydrogen-bond donors (Lipinski definition) is 4. The van der Waals surface area contributed by atoms with Gasteiger partial charge in [-0.3, -0.25) is 9.97 Å². The third-order valence-electron chi connectivity index (χ3n) is 11.4. The molecule has 2 aliphatic heterocycles. The van der Waals surface area contributed by atoms with Crippen molar-refractivity contribution in [3.8, 4) is 0 Å². The molecule has 2 aliphatic rings. The van der Waals surface area contributed by atoms with E-state index in [9.17, 15) is 10.2 Å². The van der Waals surface area contributed by atoms with Crippen molar-refractivity contribution < 1.29 is 20.0 Å². The fraction of sp³-hybridized carbons (Fsp3) is 0.417. The first kappa shape index (κ1) is 45.5. The molecule has 0 amide bonds. The molecule has 5 aromatic rings. The first-order chi connectivity index (χ1) is 27.2. The van der Waals surface area contributed by atoms with Crippen molar-refractivity contribution in [3.05, 3.63) is 144 Å². The standard InChI is InChI=1S/C43H48N4O2.C3H8.2CH3Br/c1-5-30-13-17-40(42(48)34-19-21-44-38-15-7-28(3)23-36(34)38)46(25-30)26-31-9-11-32(12-10-31)27-47-33(6-2)14-18-41(47)43(49)35-20-22-45-39-16-8-29(4)24-37(35)39;1-3-2;2*1-2/h5-12,15-16,19-24,30,33,40-43,48-49H,1-2,13-14,17-18,25-27H2,3-4H3;3H2,1-2H3;2*1H3/p+2. The Kier molecular flexibility index (Phi) is 18.4. The zero-order valence-corrected chi connectivity index (χ0v) is 37.5. The summed E-state index contributed by atoms with van der Waals surface area (Å²) >= 11 is 5.88. The molecule has 8 atom stereocenters. The maximum atomic E-state index is 11.9. The topological polar surface area (TPSA) is 75.1 Å². The second-order valence-electron chi connectivity index (χ2n) is 15.3. The zero-order valence-electron chi connectivity index (χ0n) is 34.3. The largest absolute Gasteiger partial charge is 0.382 e. The van der Waals surface area contributed by atoms with Crippen molar-refractivity contribution >= 4 is 53.7 Å². The number of quaternary nitrogens is 2. The molecule has 4 N–H and O–H groups in total. The molecule has 6 nitrogen and oxygen atoms in total. The van der Waals surface area contributed by atoms with Crippen LogP contribution in [0.4, 0.5) is 0 Å². The summed E-state index contributed by atoms with van der Waals surface area (Å²) in [6, 6.07) is 26.0. The van der Waals surface area contributed by atoms with Gasteiger partial charge in [-0.05, 0) is 85.5 Å². The summed E-state index contributed by atoms with van der Waals surface area (Å²) in [7, 11) is 0. The van der Waals surface area contributed by atoms with Crippen LogP contribution in [-0.2, 0) is 13.1 Å². The van der Waals surface area contributed by atoms with E-state index in [1.807, 2.05) is 48.3 Å². The van der Waals surface area contributed by atoms with Crippen LogP contribution in [0.3, 0.4) is 0 Å². The molecule has 4 heterocycles. The monoisotopic (exact) mass is 886 g/mol. The van der Waals surface area contributed by atoms with Gasteiger partial charge >= 0.3 is 0 Å². The number of nitrogens with one attached hydrogen (secondary N) is 2. The molecule has 56 heavy (non-hydrogen) atoms. The van der Waals surface area contributed by atoms with E-state index in [1.54, 1.807) is 0 Å². The lowest BCUT2D eigenvalue weighted by atomic mass is 9.86. The van der Waals surface area contributed by atoms with Gasteiger partial charge in [0.15, 0.2) is 0 Å². The van der Waals surface area contributed by atoms with Crippen LogP contribution in [0, 0.1) is 19.8 Å². The predicted molar refractivity (Wildman–Crippen MR) is 243 cm³/mol. The number of halogens is 2. The number of hydrogen-bond acceptors (Lipinski definition) is 4. The van der Waals surface area contributed by atoms with Crippen molar-refractivity contribution in [1.82, 2.24) is 9.97 Å². The Labute approximate surface area is 353 Å². The highest BCUT2D eigenvalue weighted by Gasteiger charge is 2.41. The lowest BCUT2D eigenvalue weighted by molar-refractivity contribution is -0.951. The summed E-state index contributed by atoms with van der Waals surface area (Å²) in [4.78, 5) is 11.9.